The molecule has 1 aromatic rings. The van der Waals surface area contributed by atoms with Crippen molar-refractivity contribution < 1.29 is 8.78 Å². The standard InChI is InChI=1S/C15H22F2N2/c1-2-14-6-9-19(8-3-7-18-14)11-12-10-13(16)4-5-15(12)17/h4-5,10,14,18H,2-3,6-9,11H2,1H3. The molecule has 0 amide bonds. The molecule has 0 spiro atoms. The summed E-state index contributed by atoms with van der Waals surface area (Å²) in [5, 5.41) is 3.52. The van der Waals surface area contributed by atoms with E-state index < -0.39 is 0 Å². The van der Waals surface area contributed by atoms with Gasteiger partial charge in [0.2, 0.25) is 0 Å². The van der Waals surface area contributed by atoms with Crippen molar-refractivity contribution in [2.24, 2.45) is 0 Å². The first kappa shape index (κ1) is 14.4. The summed E-state index contributed by atoms with van der Waals surface area (Å²) in [6.45, 7) is 5.54. The van der Waals surface area contributed by atoms with E-state index >= 15 is 0 Å². The van der Waals surface area contributed by atoms with Gasteiger partial charge < -0.3 is 5.32 Å². The molecule has 0 bridgehead atoms. The number of rotatable bonds is 3. The van der Waals surface area contributed by atoms with Crippen LogP contribution in [0.5, 0.6) is 0 Å². The molecule has 106 valence electrons. The van der Waals surface area contributed by atoms with Crippen molar-refractivity contribution in [3.05, 3.63) is 35.4 Å². The molecule has 1 aromatic carbocycles. The number of benzene rings is 1. The van der Waals surface area contributed by atoms with Crippen LogP contribution in [-0.2, 0) is 6.54 Å². The second-order valence-electron chi connectivity index (χ2n) is 5.21. The molecule has 0 radical (unpaired) electrons. The van der Waals surface area contributed by atoms with Crippen molar-refractivity contribution in [3.8, 4) is 0 Å². The fourth-order valence-electron chi connectivity index (χ4n) is 2.57. The van der Waals surface area contributed by atoms with Crippen molar-refractivity contribution in [1.29, 1.82) is 0 Å². The first-order chi connectivity index (χ1) is 9.19. The van der Waals surface area contributed by atoms with E-state index in [2.05, 4.69) is 17.1 Å². The van der Waals surface area contributed by atoms with Gasteiger partial charge in [-0.3, -0.25) is 4.90 Å². The second-order valence-corrected chi connectivity index (χ2v) is 5.21. The Labute approximate surface area is 113 Å². The van der Waals surface area contributed by atoms with E-state index in [-0.39, 0.29) is 11.6 Å². The maximum atomic E-state index is 13.6. The molecule has 0 aliphatic carbocycles. The highest BCUT2D eigenvalue weighted by Crippen LogP contribution is 2.14. The molecular formula is C15H22F2N2. The van der Waals surface area contributed by atoms with E-state index in [0.717, 1.165) is 38.9 Å². The maximum absolute atomic E-state index is 13.6. The van der Waals surface area contributed by atoms with Crippen LogP contribution in [0.25, 0.3) is 0 Å². The summed E-state index contributed by atoms with van der Waals surface area (Å²) in [5.41, 5.74) is 0.460. The SMILES string of the molecule is CCC1CCN(Cc2cc(F)ccc2F)CCCN1. The minimum atomic E-state index is -0.364. The molecule has 1 atom stereocenters. The van der Waals surface area contributed by atoms with Gasteiger partial charge in [0.15, 0.2) is 0 Å². The zero-order valence-corrected chi connectivity index (χ0v) is 11.5. The highest BCUT2D eigenvalue weighted by atomic mass is 19.1. The number of hydrogen-bond donors (Lipinski definition) is 1. The topological polar surface area (TPSA) is 15.3 Å². The normalized spacial score (nSPS) is 21.9. The van der Waals surface area contributed by atoms with Crippen LogP contribution in [0.2, 0.25) is 0 Å². The van der Waals surface area contributed by atoms with Crippen LogP contribution in [0.1, 0.15) is 31.7 Å². The molecule has 1 heterocycles. The Morgan fingerprint density at radius 1 is 1.32 bits per heavy atom. The molecule has 1 fully saturated rings. The van der Waals surface area contributed by atoms with E-state index in [1.165, 1.54) is 18.2 Å². The van der Waals surface area contributed by atoms with Crippen LogP contribution in [0.4, 0.5) is 8.78 Å². The number of halogens is 2. The predicted octanol–water partition coefficient (Wildman–Crippen LogP) is 2.93. The van der Waals surface area contributed by atoms with Gasteiger partial charge in [0.05, 0.1) is 0 Å². The Kier molecular flexibility index (Phi) is 5.28. The molecular weight excluding hydrogens is 246 g/mol. The molecule has 19 heavy (non-hydrogen) atoms. The summed E-state index contributed by atoms with van der Waals surface area (Å²) < 4.78 is 26.8. The Morgan fingerprint density at radius 2 is 2.16 bits per heavy atom. The Hall–Kier alpha value is -1.00. The molecule has 1 N–H and O–H groups in total. The molecule has 0 aromatic heterocycles. The summed E-state index contributed by atoms with van der Waals surface area (Å²) >= 11 is 0. The fraction of sp³-hybridized carbons (Fsp3) is 0.600. The Bertz CT molecular complexity index is 409. The third-order valence-electron chi connectivity index (χ3n) is 3.77. The molecule has 1 aliphatic heterocycles. The van der Waals surface area contributed by atoms with Gasteiger partial charge >= 0.3 is 0 Å². The largest absolute Gasteiger partial charge is 0.314 e. The van der Waals surface area contributed by atoms with E-state index in [9.17, 15) is 8.78 Å². The third kappa shape index (κ3) is 4.25. The van der Waals surface area contributed by atoms with Gasteiger partial charge in [-0.05, 0) is 57.1 Å². The molecule has 4 heteroatoms. The highest BCUT2D eigenvalue weighted by Gasteiger charge is 2.15. The lowest BCUT2D eigenvalue weighted by atomic mass is 10.1. The van der Waals surface area contributed by atoms with Crippen LogP contribution in [0.15, 0.2) is 18.2 Å². The summed E-state index contributed by atoms with van der Waals surface area (Å²) in [4.78, 5) is 2.22. The van der Waals surface area contributed by atoms with Gasteiger partial charge in [0.1, 0.15) is 11.6 Å². The molecule has 1 saturated heterocycles. The molecule has 2 rings (SSSR count). The van der Waals surface area contributed by atoms with Crippen LogP contribution >= 0.6 is 0 Å². The molecule has 0 saturated carbocycles. The molecule has 1 aliphatic rings. The lowest BCUT2D eigenvalue weighted by molar-refractivity contribution is 0.221. The molecule has 1 unspecified atom stereocenters. The zero-order valence-electron chi connectivity index (χ0n) is 11.5. The van der Waals surface area contributed by atoms with E-state index in [1.54, 1.807) is 0 Å². The van der Waals surface area contributed by atoms with E-state index in [4.69, 9.17) is 0 Å². The van der Waals surface area contributed by atoms with Crippen molar-refractivity contribution in [2.75, 3.05) is 19.6 Å². The maximum Gasteiger partial charge on any atom is 0.127 e. The number of nitrogens with zero attached hydrogens (tertiary/aromatic N) is 1. The van der Waals surface area contributed by atoms with Crippen LogP contribution in [0, 0.1) is 11.6 Å². The van der Waals surface area contributed by atoms with E-state index in [1.807, 2.05) is 0 Å². The summed E-state index contributed by atoms with van der Waals surface area (Å²) in [6, 6.07) is 4.23. The minimum absolute atomic E-state index is 0.311. The Balaban J connectivity index is 1.98. The first-order valence-corrected chi connectivity index (χ1v) is 7.08. The van der Waals surface area contributed by atoms with Gasteiger partial charge in [0.25, 0.3) is 0 Å². The highest BCUT2D eigenvalue weighted by molar-refractivity contribution is 5.18. The fourth-order valence-corrected chi connectivity index (χ4v) is 2.57. The van der Waals surface area contributed by atoms with E-state index in [0.29, 0.717) is 18.2 Å². The quantitative estimate of drug-likeness (QED) is 0.906. The van der Waals surface area contributed by atoms with Gasteiger partial charge in [-0.1, -0.05) is 6.92 Å². The third-order valence-corrected chi connectivity index (χ3v) is 3.77. The van der Waals surface area contributed by atoms with Gasteiger partial charge in [0, 0.05) is 18.2 Å². The van der Waals surface area contributed by atoms with Crippen LogP contribution < -0.4 is 5.32 Å². The number of nitrogens with one attached hydrogen (secondary N) is 1. The number of hydrogen-bond acceptors (Lipinski definition) is 2. The van der Waals surface area contributed by atoms with Crippen molar-refractivity contribution in [3.63, 3.8) is 0 Å². The second kappa shape index (κ2) is 6.96. The zero-order chi connectivity index (χ0) is 13.7. The van der Waals surface area contributed by atoms with Gasteiger partial charge in [-0.15, -0.1) is 0 Å². The minimum Gasteiger partial charge on any atom is -0.314 e. The summed E-state index contributed by atoms with van der Waals surface area (Å²) in [5.74, 6) is -0.676. The van der Waals surface area contributed by atoms with Crippen LogP contribution in [0.3, 0.4) is 0 Å². The smallest absolute Gasteiger partial charge is 0.127 e. The first-order valence-electron chi connectivity index (χ1n) is 7.08. The summed E-state index contributed by atoms with van der Waals surface area (Å²) in [6.07, 6.45) is 3.23. The lowest BCUT2D eigenvalue weighted by Gasteiger charge is -2.28. The monoisotopic (exact) mass is 268 g/mol. The van der Waals surface area contributed by atoms with Crippen molar-refractivity contribution in [2.45, 2.75) is 38.8 Å². The van der Waals surface area contributed by atoms with Crippen molar-refractivity contribution >= 4 is 0 Å². The van der Waals surface area contributed by atoms with Crippen LogP contribution in [-0.4, -0.2) is 30.6 Å². The predicted molar refractivity (Wildman–Crippen MR) is 73.0 cm³/mol. The molecule has 2 nitrogen and oxygen atoms in total. The van der Waals surface area contributed by atoms with Gasteiger partial charge in [-0.25, -0.2) is 8.78 Å². The van der Waals surface area contributed by atoms with Gasteiger partial charge in [-0.2, -0.15) is 0 Å². The summed E-state index contributed by atoms with van der Waals surface area (Å²) in [7, 11) is 0. The van der Waals surface area contributed by atoms with Crippen molar-refractivity contribution in [1.82, 2.24) is 10.2 Å². The average Bonchev–Trinajstić information content (AvgIpc) is 2.37. The Morgan fingerprint density at radius 3 is 2.95 bits per heavy atom. The lowest BCUT2D eigenvalue weighted by Crippen LogP contribution is -2.39. The average molecular weight is 268 g/mol.